The Morgan fingerprint density at radius 3 is 2.08 bits per heavy atom. The molecule has 4 N–H and O–H groups in total. The number of nitrogens with two attached hydrogens (primary N) is 1. The lowest BCUT2D eigenvalue weighted by Gasteiger charge is -2.19. The molecule has 6 nitrogen and oxygen atoms in total. The lowest BCUT2D eigenvalue weighted by atomic mass is 10.0. The first kappa shape index (κ1) is 17.2. The van der Waals surface area contributed by atoms with Gasteiger partial charge in [-0.3, -0.25) is 14.4 Å². The molecule has 0 saturated heterocycles. The smallest absolute Gasteiger partial charge is 0.251 e. The number of carbonyl (C=O) groups is 3. The normalized spacial score (nSPS) is 11.3. The molecule has 2 aromatic rings. The van der Waals surface area contributed by atoms with Crippen molar-refractivity contribution in [2.24, 2.45) is 5.73 Å². The summed E-state index contributed by atoms with van der Waals surface area (Å²) < 4.78 is 0. The van der Waals surface area contributed by atoms with Crippen LogP contribution in [0.5, 0.6) is 0 Å². The van der Waals surface area contributed by atoms with E-state index in [1.165, 1.54) is 0 Å². The summed E-state index contributed by atoms with van der Waals surface area (Å²) in [5.74, 6) is -1.25. The molecule has 0 unspecified atom stereocenters. The van der Waals surface area contributed by atoms with Crippen LogP contribution < -0.4 is 16.4 Å². The van der Waals surface area contributed by atoms with Crippen molar-refractivity contribution in [1.82, 2.24) is 10.6 Å². The van der Waals surface area contributed by atoms with Crippen molar-refractivity contribution < 1.29 is 14.4 Å². The molecule has 0 heterocycles. The average molecular weight is 325 g/mol. The Labute approximate surface area is 140 Å². The van der Waals surface area contributed by atoms with Gasteiger partial charge < -0.3 is 16.4 Å². The van der Waals surface area contributed by atoms with Gasteiger partial charge in [0.15, 0.2) is 0 Å². The minimum atomic E-state index is -0.618. The number of hydrogen-bond acceptors (Lipinski definition) is 3. The van der Waals surface area contributed by atoms with Crippen molar-refractivity contribution in [3.05, 3.63) is 71.8 Å². The van der Waals surface area contributed by atoms with Gasteiger partial charge in [-0.15, -0.1) is 0 Å². The standard InChI is InChI=1S/C18H19N3O3/c19-16(22)12-20-17(23)11-15(13-7-3-1-4-8-13)21-18(24)14-9-5-2-6-10-14/h1-10,15H,11-12H2,(H2,19,22)(H,20,23)(H,21,24)/t15-/m1/s1. The SMILES string of the molecule is NC(=O)CNC(=O)C[C@@H](NC(=O)c1ccccc1)c1ccccc1. The molecule has 0 aliphatic carbocycles. The van der Waals surface area contributed by atoms with Crippen molar-refractivity contribution >= 4 is 17.7 Å². The summed E-state index contributed by atoms with van der Waals surface area (Å²) >= 11 is 0. The highest BCUT2D eigenvalue weighted by molar-refractivity contribution is 5.94. The maximum atomic E-state index is 12.4. The molecule has 0 aliphatic heterocycles. The van der Waals surface area contributed by atoms with E-state index in [1.807, 2.05) is 36.4 Å². The molecule has 124 valence electrons. The van der Waals surface area contributed by atoms with Crippen LogP contribution >= 0.6 is 0 Å². The predicted molar refractivity (Wildman–Crippen MR) is 89.9 cm³/mol. The molecule has 0 saturated carbocycles. The van der Waals surface area contributed by atoms with Crippen LogP contribution in [0.3, 0.4) is 0 Å². The maximum Gasteiger partial charge on any atom is 0.251 e. The molecule has 0 spiro atoms. The van der Waals surface area contributed by atoms with Crippen molar-refractivity contribution in [1.29, 1.82) is 0 Å². The predicted octanol–water partition coefficient (Wildman–Crippen LogP) is 1.15. The number of nitrogens with one attached hydrogen (secondary N) is 2. The van der Waals surface area contributed by atoms with Crippen molar-refractivity contribution in [3.63, 3.8) is 0 Å². The second-order valence-electron chi connectivity index (χ2n) is 5.25. The third-order valence-electron chi connectivity index (χ3n) is 3.39. The highest BCUT2D eigenvalue weighted by Gasteiger charge is 2.19. The third kappa shape index (κ3) is 5.24. The second-order valence-corrected chi connectivity index (χ2v) is 5.25. The Bertz CT molecular complexity index is 702. The van der Waals surface area contributed by atoms with Crippen molar-refractivity contribution in [2.45, 2.75) is 12.5 Å². The Kier molecular flexibility index (Phi) is 6.08. The molecule has 0 bridgehead atoms. The van der Waals surface area contributed by atoms with E-state index in [0.717, 1.165) is 5.56 Å². The van der Waals surface area contributed by atoms with Crippen LogP contribution in [0.15, 0.2) is 60.7 Å². The fourth-order valence-electron chi connectivity index (χ4n) is 2.21. The zero-order chi connectivity index (χ0) is 17.4. The van der Waals surface area contributed by atoms with Crippen molar-refractivity contribution in [3.8, 4) is 0 Å². The summed E-state index contributed by atoms with van der Waals surface area (Å²) in [6.07, 6.45) is 0.00979. The molecule has 0 radical (unpaired) electrons. The average Bonchev–Trinajstić information content (AvgIpc) is 2.61. The largest absolute Gasteiger partial charge is 0.368 e. The van der Waals surface area contributed by atoms with E-state index >= 15 is 0 Å². The summed E-state index contributed by atoms with van der Waals surface area (Å²) in [5.41, 5.74) is 6.33. The Morgan fingerprint density at radius 2 is 1.50 bits per heavy atom. The summed E-state index contributed by atoms with van der Waals surface area (Å²) in [6, 6.07) is 17.4. The van der Waals surface area contributed by atoms with Crippen LogP contribution in [0, 0.1) is 0 Å². The molecule has 0 aliphatic rings. The fourth-order valence-corrected chi connectivity index (χ4v) is 2.21. The van der Waals surface area contributed by atoms with Gasteiger partial charge in [-0.2, -0.15) is 0 Å². The van der Waals surface area contributed by atoms with E-state index < -0.39 is 11.9 Å². The van der Waals surface area contributed by atoms with Crippen LogP contribution in [-0.2, 0) is 9.59 Å². The van der Waals surface area contributed by atoms with E-state index in [-0.39, 0.29) is 24.8 Å². The monoisotopic (exact) mass is 325 g/mol. The maximum absolute atomic E-state index is 12.4. The number of primary amides is 1. The molecule has 6 heteroatoms. The van der Waals surface area contributed by atoms with Crippen LogP contribution in [-0.4, -0.2) is 24.3 Å². The molecule has 2 rings (SSSR count). The summed E-state index contributed by atoms with van der Waals surface area (Å²) in [7, 11) is 0. The van der Waals surface area contributed by atoms with Gasteiger partial charge in [0, 0.05) is 5.56 Å². The van der Waals surface area contributed by atoms with Gasteiger partial charge in [0.2, 0.25) is 11.8 Å². The van der Waals surface area contributed by atoms with E-state index in [2.05, 4.69) is 10.6 Å². The lowest BCUT2D eigenvalue weighted by Crippen LogP contribution is -2.37. The van der Waals surface area contributed by atoms with E-state index in [9.17, 15) is 14.4 Å². The molecule has 0 aromatic heterocycles. The minimum Gasteiger partial charge on any atom is -0.368 e. The number of carbonyl (C=O) groups excluding carboxylic acids is 3. The van der Waals surface area contributed by atoms with Gasteiger partial charge in [0.05, 0.1) is 19.0 Å². The van der Waals surface area contributed by atoms with Gasteiger partial charge in [0.1, 0.15) is 0 Å². The zero-order valence-electron chi connectivity index (χ0n) is 13.1. The lowest BCUT2D eigenvalue weighted by molar-refractivity contribution is -0.125. The minimum absolute atomic E-state index is 0.00979. The summed E-state index contributed by atoms with van der Waals surface area (Å²) in [5, 5.41) is 5.28. The van der Waals surface area contributed by atoms with Crippen LogP contribution in [0.25, 0.3) is 0 Å². The molecule has 3 amide bonds. The Morgan fingerprint density at radius 1 is 0.917 bits per heavy atom. The molecular weight excluding hydrogens is 306 g/mol. The van der Waals surface area contributed by atoms with Gasteiger partial charge >= 0.3 is 0 Å². The number of amides is 3. The first-order chi connectivity index (χ1) is 11.6. The molecule has 0 fully saturated rings. The first-order valence-electron chi connectivity index (χ1n) is 7.52. The summed E-state index contributed by atoms with van der Waals surface area (Å²) in [6.45, 7) is -0.229. The number of benzene rings is 2. The molecular formula is C18H19N3O3. The van der Waals surface area contributed by atoms with Crippen LogP contribution in [0.4, 0.5) is 0 Å². The zero-order valence-corrected chi connectivity index (χ0v) is 13.1. The van der Waals surface area contributed by atoms with Gasteiger partial charge in [-0.25, -0.2) is 0 Å². The van der Waals surface area contributed by atoms with E-state index in [4.69, 9.17) is 5.73 Å². The molecule has 1 atom stereocenters. The summed E-state index contributed by atoms with van der Waals surface area (Å²) in [4.78, 5) is 35.1. The number of hydrogen-bond donors (Lipinski definition) is 3. The Hall–Kier alpha value is -3.15. The van der Waals surface area contributed by atoms with Gasteiger partial charge in [-0.1, -0.05) is 48.5 Å². The molecule has 2 aromatic carbocycles. The topological polar surface area (TPSA) is 101 Å². The van der Waals surface area contributed by atoms with E-state index in [1.54, 1.807) is 24.3 Å². The highest BCUT2D eigenvalue weighted by atomic mass is 16.2. The Balaban J connectivity index is 2.10. The number of rotatable bonds is 7. The van der Waals surface area contributed by atoms with Crippen LogP contribution in [0.1, 0.15) is 28.4 Å². The van der Waals surface area contributed by atoms with Gasteiger partial charge in [0.25, 0.3) is 5.91 Å². The van der Waals surface area contributed by atoms with E-state index in [0.29, 0.717) is 5.56 Å². The second kappa shape index (κ2) is 8.47. The first-order valence-corrected chi connectivity index (χ1v) is 7.52. The third-order valence-corrected chi connectivity index (χ3v) is 3.39. The molecule has 24 heavy (non-hydrogen) atoms. The van der Waals surface area contributed by atoms with Gasteiger partial charge in [-0.05, 0) is 17.7 Å². The highest BCUT2D eigenvalue weighted by Crippen LogP contribution is 2.17. The quantitative estimate of drug-likeness (QED) is 0.711. The fraction of sp³-hybridized carbons (Fsp3) is 0.167. The van der Waals surface area contributed by atoms with Crippen LogP contribution in [0.2, 0.25) is 0 Å². The van der Waals surface area contributed by atoms with Crippen molar-refractivity contribution in [2.75, 3.05) is 6.54 Å².